The molecule has 126 valence electrons. The highest BCUT2D eigenvalue weighted by molar-refractivity contribution is 9.10. The van der Waals surface area contributed by atoms with Crippen LogP contribution in [0.1, 0.15) is 11.1 Å². The molecule has 2 rings (SSSR count). The Kier molecular flexibility index (Phi) is 6.55. The third-order valence-corrected chi connectivity index (χ3v) is 3.80. The number of hydrogen-bond donors (Lipinski definition) is 1. The van der Waals surface area contributed by atoms with Crippen LogP contribution in [0.4, 0.5) is 5.69 Å². The van der Waals surface area contributed by atoms with Gasteiger partial charge in [-0.05, 0) is 43.3 Å². The minimum absolute atomic E-state index is 0.0119. The quantitative estimate of drug-likeness (QED) is 0.430. The molecule has 2 aromatic rings. The van der Waals surface area contributed by atoms with Crippen molar-refractivity contribution in [1.82, 2.24) is 0 Å². The van der Waals surface area contributed by atoms with Crippen molar-refractivity contribution in [3.8, 4) is 11.8 Å². The number of nitrogens with one attached hydrogen (secondary N) is 1. The van der Waals surface area contributed by atoms with Gasteiger partial charge in [0.2, 0.25) is 0 Å². The van der Waals surface area contributed by atoms with E-state index in [9.17, 15) is 10.1 Å². The summed E-state index contributed by atoms with van der Waals surface area (Å²) in [6, 6.07) is 14.7. The number of anilines is 1. The van der Waals surface area contributed by atoms with Gasteiger partial charge in [-0.3, -0.25) is 4.79 Å². The zero-order chi connectivity index (χ0) is 18.2. The Labute approximate surface area is 155 Å². The van der Waals surface area contributed by atoms with Crippen molar-refractivity contribution in [2.45, 2.75) is 6.92 Å². The van der Waals surface area contributed by atoms with Crippen LogP contribution in [0.5, 0.6) is 5.75 Å². The number of carbonyl (C=O) groups is 1. The molecule has 25 heavy (non-hydrogen) atoms. The van der Waals surface area contributed by atoms with E-state index in [1.807, 2.05) is 31.2 Å². The van der Waals surface area contributed by atoms with Gasteiger partial charge in [-0.25, -0.2) is 0 Å². The van der Waals surface area contributed by atoms with E-state index >= 15 is 0 Å². The fourth-order valence-corrected chi connectivity index (χ4v) is 2.43. The lowest BCUT2D eigenvalue weighted by Crippen LogP contribution is -2.13. The smallest absolute Gasteiger partial charge is 0.266 e. The largest absolute Gasteiger partial charge is 0.489 e. The van der Waals surface area contributed by atoms with Gasteiger partial charge in [0.15, 0.2) is 0 Å². The number of rotatable bonds is 6. The Morgan fingerprint density at radius 3 is 2.68 bits per heavy atom. The van der Waals surface area contributed by atoms with E-state index in [4.69, 9.17) is 4.74 Å². The maximum Gasteiger partial charge on any atom is 0.266 e. The summed E-state index contributed by atoms with van der Waals surface area (Å²) in [5.41, 5.74) is 2.34. The van der Waals surface area contributed by atoms with Crippen molar-refractivity contribution in [3.05, 3.63) is 76.3 Å². The highest BCUT2D eigenvalue weighted by Crippen LogP contribution is 2.26. The predicted molar refractivity (Wildman–Crippen MR) is 103 cm³/mol. The third-order valence-electron chi connectivity index (χ3n) is 3.30. The van der Waals surface area contributed by atoms with Crippen LogP contribution in [0.2, 0.25) is 0 Å². The molecule has 0 saturated heterocycles. The van der Waals surface area contributed by atoms with Crippen molar-refractivity contribution >= 4 is 33.6 Å². The first-order valence-electron chi connectivity index (χ1n) is 7.56. The van der Waals surface area contributed by atoms with Crippen molar-refractivity contribution < 1.29 is 9.53 Å². The maximum absolute atomic E-state index is 12.4. The van der Waals surface area contributed by atoms with E-state index in [1.165, 1.54) is 6.08 Å². The molecular formula is C20H17BrN2O2. The van der Waals surface area contributed by atoms with Gasteiger partial charge in [0.05, 0.1) is 0 Å². The monoisotopic (exact) mass is 396 g/mol. The second-order valence-electron chi connectivity index (χ2n) is 5.27. The number of carbonyl (C=O) groups excluding carboxylic acids is 1. The highest BCUT2D eigenvalue weighted by atomic mass is 79.9. The summed E-state index contributed by atoms with van der Waals surface area (Å²) in [7, 11) is 0. The first-order chi connectivity index (χ1) is 12.0. The Hall–Kier alpha value is -2.84. The molecule has 0 aromatic heterocycles. The molecule has 0 unspecified atom stereocenters. The lowest BCUT2D eigenvalue weighted by atomic mass is 10.1. The topological polar surface area (TPSA) is 62.1 Å². The molecule has 0 atom stereocenters. The zero-order valence-corrected chi connectivity index (χ0v) is 15.3. The van der Waals surface area contributed by atoms with Crippen LogP contribution < -0.4 is 10.1 Å². The van der Waals surface area contributed by atoms with Crippen LogP contribution >= 0.6 is 15.9 Å². The average molecular weight is 397 g/mol. The molecule has 0 heterocycles. The van der Waals surface area contributed by atoms with E-state index < -0.39 is 5.91 Å². The molecule has 0 saturated carbocycles. The predicted octanol–water partition coefficient (Wildman–Crippen LogP) is 4.87. The number of hydrogen-bond acceptors (Lipinski definition) is 3. The van der Waals surface area contributed by atoms with Crippen molar-refractivity contribution in [2.75, 3.05) is 11.9 Å². The van der Waals surface area contributed by atoms with E-state index in [0.29, 0.717) is 23.6 Å². The minimum atomic E-state index is -0.471. The number of aryl methyl sites for hydroxylation is 1. The van der Waals surface area contributed by atoms with Gasteiger partial charge in [0, 0.05) is 15.7 Å². The molecule has 1 N–H and O–H groups in total. The summed E-state index contributed by atoms with van der Waals surface area (Å²) in [6.45, 7) is 5.91. The Morgan fingerprint density at radius 2 is 2.04 bits per heavy atom. The number of benzene rings is 2. The summed E-state index contributed by atoms with van der Waals surface area (Å²) in [4.78, 5) is 12.4. The molecule has 5 heteroatoms. The second kappa shape index (κ2) is 8.86. The summed E-state index contributed by atoms with van der Waals surface area (Å²) in [5.74, 6) is 0.0972. The van der Waals surface area contributed by atoms with Crippen LogP contribution in [-0.4, -0.2) is 12.5 Å². The molecule has 0 bridgehead atoms. The lowest BCUT2D eigenvalue weighted by Gasteiger charge is -2.09. The van der Waals surface area contributed by atoms with Crippen LogP contribution in [0, 0.1) is 18.3 Å². The molecule has 0 aliphatic rings. The number of nitriles is 1. The minimum Gasteiger partial charge on any atom is -0.489 e. The molecule has 1 amide bonds. The second-order valence-corrected chi connectivity index (χ2v) is 6.19. The van der Waals surface area contributed by atoms with Crippen LogP contribution in [0.3, 0.4) is 0 Å². The molecule has 0 aliphatic heterocycles. The van der Waals surface area contributed by atoms with Gasteiger partial charge in [-0.2, -0.15) is 5.26 Å². The molecular weight excluding hydrogens is 380 g/mol. The SMILES string of the molecule is C=CCOc1ccc(Br)cc1/C=C(\C#N)C(=O)Nc1ccc(C)cc1. The fourth-order valence-electron chi connectivity index (χ4n) is 2.05. The number of amides is 1. The Morgan fingerprint density at radius 1 is 1.32 bits per heavy atom. The highest BCUT2D eigenvalue weighted by Gasteiger charge is 2.12. The van der Waals surface area contributed by atoms with Crippen molar-refractivity contribution in [1.29, 1.82) is 5.26 Å². The first kappa shape index (κ1) is 18.5. The third kappa shape index (κ3) is 5.33. The maximum atomic E-state index is 12.4. The van der Waals surface area contributed by atoms with Gasteiger partial charge in [-0.1, -0.05) is 46.3 Å². The first-order valence-corrected chi connectivity index (χ1v) is 8.36. The summed E-state index contributed by atoms with van der Waals surface area (Å²) >= 11 is 3.39. The van der Waals surface area contributed by atoms with E-state index in [2.05, 4.69) is 27.8 Å². The summed E-state index contributed by atoms with van der Waals surface area (Å²) in [5, 5.41) is 12.1. The van der Waals surface area contributed by atoms with Crippen molar-refractivity contribution in [2.24, 2.45) is 0 Å². The van der Waals surface area contributed by atoms with Crippen LogP contribution in [0.25, 0.3) is 6.08 Å². The molecule has 0 radical (unpaired) electrons. The van der Waals surface area contributed by atoms with Gasteiger partial charge < -0.3 is 10.1 Å². The van der Waals surface area contributed by atoms with Crippen molar-refractivity contribution in [3.63, 3.8) is 0 Å². The van der Waals surface area contributed by atoms with Gasteiger partial charge in [-0.15, -0.1) is 0 Å². The Balaban J connectivity index is 2.28. The van der Waals surface area contributed by atoms with Gasteiger partial charge in [0.1, 0.15) is 24.0 Å². The fraction of sp³-hybridized carbons (Fsp3) is 0.100. The number of nitrogens with zero attached hydrogens (tertiary/aromatic N) is 1. The molecule has 0 fully saturated rings. The van der Waals surface area contributed by atoms with E-state index in [-0.39, 0.29) is 5.57 Å². The summed E-state index contributed by atoms with van der Waals surface area (Å²) < 4.78 is 6.39. The Bertz CT molecular complexity index is 849. The molecule has 0 aliphatic carbocycles. The number of ether oxygens (including phenoxy) is 1. The molecule has 0 spiro atoms. The van der Waals surface area contributed by atoms with Crippen LogP contribution in [-0.2, 0) is 4.79 Å². The molecule has 2 aromatic carbocycles. The molecule has 4 nitrogen and oxygen atoms in total. The summed E-state index contributed by atoms with van der Waals surface area (Å²) in [6.07, 6.45) is 3.14. The number of halogens is 1. The van der Waals surface area contributed by atoms with E-state index in [0.717, 1.165) is 10.0 Å². The average Bonchev–Trinajstić information content (AvgIpc) is 2.60. The lowest BCUT2D eigenvalue weighted by molar-refractivity contribution is -0.112. The standard InChI is InChI=1S/C20H17BrN2O2/c1-3-10-25-19-9-6-17(21)12-15(19)11-16(13-22)20(24)23-18-7-4-14(2)5-8-18/h3-9,11-12H,1,10H2,2H3,(H,23,24)/b16-11+. The van der Waals surface area contributed by atoms with E-state index in [1.54, 1.807) is 30.3 Å². The zero-order valence-electron chi connectivity index (χ0n) is 13.8. The normalized spacial score (nSPS) is 10.7. The van der Waals surface area contributed by atoms with Gasteiger partial charge in [0.25, 0.3) is 5.91 Å². The van der Waals surface area contributed by atoms with Gasteiger partial charge >= 0.3 is 0 Å². The van der Waals surface area contributed by atoms with Crippen LogP contribution in [0.15, 0.2) is 65.2 Å².